The molecule has 0 fully saturated rings. The highest BCUT2D eigenvalue weighted by Crippen LogP contribution is 2.25. The maximum absolute atomic E-state index is 6.11. The van der Waals surface area contributed by atoms with Crippen LogP contribution in [0.15, 0.2) is 18.2 Å². The molecule has 0 unspecified atom stereocenters. The molecule has 0 saturated carbocycles. The van der Waals surface area contributed by atoms with Gasteiger partial charge in [0.1, 0.15) is 5.75 Å². The smallest absolute Gasteiger partial charge is 0.189 e. The van der Waals surface area contributed by atoms with E-state index in [4.69, 9.17) is 21.1 Å². The molecule has 1 N–H and O–H groups in total. The number of hydrogen-bond donors (Lipinski definition) is 1. The molecule has 0 atom stereocenters. The topological polar surface area (TPSA) is 30.5 Å². The van der Waals surface area contributed by atoms with Crippen LogP contribution in [0, 0.1) is 0 Å². The van der Waals surface area contributed by atoms with Gasteiger partial charge in [0, 0.05) is 13.2 Å². The van der Waals surface area contributed by atoms with E-state index in [2.05, 4.69) is 12.2 Å². The molecule has 1 aromatic carbocycles. The average molecular weight is 258 g/mol. The Morgan fingerprint density at radius 2 is 2.12 bits per heavy atom. The predicted molar refractivity (Wildman–Crippen MR) is 70.6 cm³/mol. The van der Waals surface area contributed by atoms with Crippen LogP contribution in [0.3, 0.4) is 0 Å². The standard InChI is InChI=1S/C13H20ClNO2/c1-3-7-15-9-11-5-6-13(12(14)8-11)17-10-16-4-2/h5-6,8,15H,3-4,7,9-10H2,1-2H3. The van der Waals surface area contributed by atoms with Crippen LogP contribution >= 0.6 is 11.6 Å². The summed E-state index contributed by atoms with van der Waals surface area (Å²) >= 11 is 6.11. The van der Waals surface area contributed by atoms with Crippen molar-refractivity contribution in [3.8, 4) is 5.75 Å². The van der Waals surface area contributed by atoms with Gasteiger partial charge in [-0.15, -0.1) is 0 Å². The van der Waals surface area contributed by atoms with Crippen LogP contribution in [0.2, 0.25) is 5.02 Å². The van der Waals surface area contributed by atoms with Crippen LogP contribution in [0.4, 0.5) is 0 Å². The summed E-state index contributed by atoms with van der Waals surface area (Å²) in [5.74, 6) is 0.666. The van der Waals surface area contributed by atoms with Crippen molar-refractivity contribution in [2.24, 2.45) is 0 Å². The molecule has 96 valence electrons. The molecule has 0 spiro atoms. The Morgan fingerprint density at radius 3 is 2.76 bits per heavy atom. The monoisotopic (exact) mass is 257 g/mol. The first-order valence-corrected chi connectivity index (χ1v) is 6.35. The molecule has 0 bridgehead atoms. The van der Waals surface area contributed by atoms with Crippen LogP contribution < -0.4 is 10.1 Å². The van der Waals surface area contributed by atoms with Crippen LogP contribution in [0.5, 0.6) is 5.75 Å². The maximum atomic E-state index is 6.11. The summed E-state index contributed by atoms with van der Waals surface area (Å²) in [6, 6.07) is 5.81. The molecule has 1 rings (SSSR count). The van der Waals surface area contributed by atoms with Crippen LogP contribution in [0.1, 0.15) is 25.8 Å². The Hall–Kier alpha value is -0.770. The Morgan fingerprint density at radius 1 is 1.29 bits per heavy atom. The fourth-order valence-electron chi connectivity index (χ4n) is 1.37. The van der Waals surface area contributed by atoms with Gasteiger partial charge < -0.3 is 14.8 Å². The fourth-order valence-corrected chi connectivity index (χ4v) is 1.63. The molecular weight excluding hydrogens is 238 g/mol. The van der Waals surface area contributed by atoms with Gasteiger partial charge in [-0.2, -0.15) is 0 Å². The van der Waals surface area contributed by atoms with Gasteiger partial charge in [-0.3, -0.25) is 0 Å². The Balaban J connectivity index is 2.47. The minimum Gasteiger partial charge on any atom is -0.466 e. The number of nitrogens with one attached hydrogen (secondary N) is 1. The second-order valence-corrected chi connectivity index (χ2v) is 4.10. The van der Waals surface area contributed by atoms with Gasteiger partial charge in [-0.05, 0) is 37.6 Å². The molecular formula is C13H20ClNO2. The van der Waals surface area contributed by atoms with Crippen molar-refractivity contribution in [3.63, 3.8) is 0 Å². The predicted octanol–water partition coefficient (Wildman–Crippen LogP) is 3.21. The first-order chi connectivity index (χ1) is 8.27. The minimum absolute atomic E-state index is 0.240. The van der Waals surface area contributed by atoms with Crippen molar-refractivity contribution in [2.75, 3.05) is 19.9 Å². The average Bonchev–Trinajstić information content (AvgIpc) is 2.32. The van der Waals surface area contributed by atoms with Gasteiger partial charge in [-0.1, -0.05) is 24.6 Å². The largest absolute Gasteiger partial charge is 0.466 e. The van der Waals surface area contributed by atoms with Gasteiger partial charge in [-0.25, -0.2) is 0 Å². The lowest BCUT2D eigenvalue weighted by molar-refractivity contribution is 0.0224. The van der Waals surface area contributed by atoms with E-state index in [1.807, 2.05) is 25.1 Å². The summed E-state index contributed by atoms with van der Waals surface area (Å²) in [4.78, 5) is 0. The second kappa shape index (κ2) is 8.34. The lowest BCUT2D eigenvalue weighted by atomic mass is 10.2. The zero-order valence-electron chi connectivity index (χ0n) is 10.5. The van der Waals surface area contributed by atoms with Gasteiger partial charge in [0.05, 0.1) is 5.02 Å². The Labute approximate surface area is 108 Å². The molecule has 1 aromatic rings. The first kappa shape index (κ1) is 14.3. The quantitative estimate of drug-likeness (QED) is 0.573. The van der Waals surface area contributed by atoms with Gasteiger partial charge >= 0.3 is 0 Å². The number of halogens is 1. The third-order valence-corrected chi connectivity index (χ3v) is 2.55. The van der Waals surface area contributed by atoms with E-state index in [1.54, 1.807) is 0 Å². The van der Waals surface area contributed by atoms with E-state index < -0.39 is 0 Å². The van der Waals surface area contributed by atoms with Crippen molar-refractivity contribution in [3.05, 3.63) is 28.8 Å². The zero-order valence-corrected chi connectivity index (χ0v) is 11.2. The fraction of sp³-hybridized carbons (Fsp3) is 0.538. The highest BCUT2D eigenvalue weighted by Gasteiger charge is 2.02. The molecule has 0 aliphatic carbocycles. The summed E-state index contributed by atoms with van der Waals surface area (Å²) < 4.78 is 10.5. The molecule has 17 heavy (non-hydrogen) atoms. The van der Waals surface area contributed by atoms with E-state index in [0.29, 0.717) is 17.4 Å². The molecule has 3 nitrogen and oxygen atoms in total. The SMILES string of the molecule is CCCNCc1ccc(OCOCC)c(Cl)c1. The summed E-state index contributed by atoms with van der Waals surface area (Å²) in [6.07, 6.45) is 1.13. The molecule has 0 aliphatic rings. The molecule has 0 radical (unpaired) electrons. The van der Waals surface area contributed by atoms with Gasteiger partial charge in [0.25, 0.3) is 0 Å². The summed E-state index contributed by atoms with van der Waals surface area (Å²) in [5, 5.41) is 3.95. The van der Waals surface area contributed by atoms with Crippen molar-refractivity contribution >= 4 is 11.6 Å². The highest BCUT2D eigenvalue weighted by atomic mass is 35.5. The normalized spacial score (nSPS) is 10.5. The molecule has 0 amide bonds. The lowest BCUT2D eigenvalue weighted by Crippen LogP contribution is -2.13. The van der Waals surface area contributed by atoms with Gasteiger partial charge in [0.2, 0.25) is 0 Å². The van der Waals surface area contributed by atoms with E-state index in [9.17, 15) is 0 Å². The van der Waals surface area contributed by atoms with Gasteiger partial charge in [0.15, 0.2) is 6.79 Å². The molecule has 0 aliphatic heterocycles. The molecule has 0 saturated heterocycles. The van der Waals surface area contributed by atoms with Crippen molar-refractivity contribution in [1.82, 2.24) is 5.32 Å². The van der Waals surface area contributed by atoms with Crippen LogP contribution in [-0.2, 0) is 11.3 Å². The highest BCUT2D eigenvalue weighted by molar-refractivity contribution is 6.32. The van der Waals surface area contributed by atoms with E-state index in [1.165, 1.54) is 0 Å². The lowest BCUT2D eigenvalue weighted by Gasteiger charge is -2.09. The third kappa shape index (κ3) is 5.39. The summed E-state index contributed by atoms with van der Waals surface area (Å²) in [7, 11) is 0. The minimum atomic E-state index is 0.240. The number of ether oxygens (including phenoxy) is 2. The first-order valence-electron chi connectivity index (χ1n) is 5.97. The second-order valence-electron chi connectivity index (χ2n) is 3.70. The molecule has 0 heterocycles. The number of rotatable bonds is 8. The van der Waals surface area contributed by atoms with Crippen molar-refractivity contribution < 1.29 is 9.47 Å². The molecule has 4 heteroatoms. The van der Waals surface area contributed by atoms with E-state index in [-0.39, 0.29) is 6.79 Å². The maximum Gasteiger partial charge on any atom is 0.189 e. The van der Waals surface area contributed by atoms with Crippen molar-refractivity contribution in [2.45, 2.75) is 26.8 Å². The third-order valence-electron chi connectivity index (χ3n) is 2.25. The summed E-state index contributed by atoms with van der Waals surface area (Å²) in [5.41, 5.74) is 1.16. The Kier molecular flexibility index (Phi) is 7.01. The van der Waals surface area contributed by atoms with E-state index in [0.717, 1.165) is 25.1 Å². The molecule has 0 aromatic heterocycles. The number of hydrogen-bond acceptors (Lipinski definition) is 3. The summed E-state index contributed by atoms with van der Waals surface area (Å²) in [6.45, 7) is 6.79. The zero-order chi connectivity index (χ0) is 12.5. The van der Waals surface area contributed by atoms with Crippen molar-refractivity contribution in [1.29, 1.82) is 0 Å². The number of benzene rings is 1. The Bertz CT molecular complexity index is 331. The van der Waals surface area contributed by atoms with E-state index >= 15 is 0 Å². The van der Waals surface area contributed by atoms with Crippen LogP contribution in [-0.4, -0.2) is 19.9 Å². The van der Waals surface area contributed by atoms with Crippen LogP contribution in [0.25, 0.3) is 0 Å².